The molecular weight excluding hydrogens is 242 g/mol. The lowest BCUT2D eigenvalue weighted by Gasteiger charge is -2.19. The highest BCUT2D eigenvalue weighted by molar-refractivity contribution is 9.10. The van der Waals surface area contributed by atoms with E-state index in [1.165, 1.54) is 11.1 Å². The first-order chi connectivity index (χ1) is 6.81. The van der Waals surface area contributed by atoms with Crippen molar-refractivity contribution in [2.75, 3.05) is 13.7 Å². The number of benzene rings is 1. The van der Waals surface area contributed by atoms with E-state index in [1.807, 2.05) is 7.05 Å². The van der Waals surface area contributed by atoms with Crippen LogP contribution in [0, 0.1) is 0 Å². The van der Waals surface area contributed by atoms with Crippen molar-refractivity contribution >= 4 is 15.9 Å². The normalized spacial score (nSPS) is 14.7. The quantitative estimate of drug-likeness (QED) is 0.877. The zero-order valence-electron chi connectivity index (χ0n) is 8.27. The van der Waals surface area contributed by atoms with Crippen molar-refractivity contribution in [1.82, 2.24) is 5.32 Å². The second-order valence-electron chi connectivity index (χ2n) is 3.55. The van der Waals surface area contributed by atoms with Crippen LogP contribution in [0.3, 0.4) is 0 Å². The maximum absolute atomic E-state index is 5.62. The zero-order valence-corrected chi connectivity index (χ0v) is 9.86. The van der Waals surface area contributed by atoms with Crippen LogP contribution in [0.5, 0.6) is 5.75 Å². The lowest BCUT2D eigenvalue weighted by Crippen LogP contribution is -2.11. The van der Waals surface area contributed by atoms with Gasteiger partial charge in [0.2, 0.25) is 0 Å². The number of aryl methyl sites for hydroxylation is 1. The molecule has 0 radical (unpaired) electrons. The Kier molecular flexibility index (Phi) is 3.08. The molecule has 1 aromatic rings. The third-order valence-corrected chi connectivity index (χ3v) is 2.99. The van der Waals surface area contributed by atoms with Crippen LogP contribution in [0.4, 0.5) is 0 Å². The van der Waals surface area contributed by atoms with Crippen LogP contribution in [0.25, 0.3) is 0 Å². The molecule has 0 spiro atoms. The summed E-state index contributed by atoms with van der Waals surface area (Å²) in [5.41, 5.74) is 2.64. The van der Waals surface area contributed by atoms with Crippen LogP contribution in [0.2, 0.25) is 0 Å². The molecule has 3 heteroatoms. The highest BCUT2D eigenvalue weighted by atomic mass is 79.9. The SMILES string of the molecule is CNCc1cc(Br)c2c(c1)CCCO2. The highest BCUT2D eigenvalue weighted by Gasteiger charge is 2.14. The van der Waals surface area contributed by atoms with Gasteiger partial charge in [0, 0.05) is 6.54 Å². The topological polar surface area (TPSA) is 21.3 Å². The summed E-state index contributed by atoms with van der Waals surface area (Å²) in [6.45, 7) is 1.75. The first-order valence-corrected chi connectivity index (χ1v) is 5.69. The number of fused-ring (bicyclic) bond motifs is 1. The minimum absolute atomic E-state index is 0.844. The average Bonchev–Trinajstić information content (AvgIpc) is 2.18. The highest BCUT2D eigenvalue weighted by Crippen LogP contribution is 2.34. The summed E-state index contributed by atoms with van der Waals surface area (Å²) in [4.78, 5) is 0. The van der Waals surface area contributed by atoms with Gasteiger partial charge in [0.1, 0.15) is 5.75 Å². The molecule has 1 heterocycles. The molecule has 1 N–H and O–H groups in total. The van der Waals surface area contributed by atoms with Crippen LogP contribution in [-0.4, -0.2) is 13.7 Å². The predicted octanol–water partition coefficient (Wildman–Crippen LogP) is 2.49. The van der Waals surface area contributed by atoms with Gasteiger partial charge in [-0.3, -0.25) is 0 Å². The van der Waals surface area contributed by atoms with Crippen molar-refractivity contribution in [3.05, 3.63) is 27.7 Å². The maximum atomic E-state index is 5.62. The molecule has 0 unspecified atom stereocenters. The largest absolute Gasteiger partial charge is 0.492 e. The smallest absolute Gasteiger partial charge is 0.136 e. The van der Waals surface area contributed by atoms with Crippen molar-refractivity contribution in [3.8, 4) is 5.75 Å². The Bertz CT molecular complexity index is 338. The Morgan fingerprint density at radius 1 is 1.50 bits per heavy atom. The molecule has 76 valence electrons. The Morgan fingerprint density at radius 3 is 3.14 bits per heavy atom. The van der Waals surface area contributed by atoms with Gasteiger partial charge in [0.25, 0.3) is 0 Å². The first-order valence-electron chi connectivity index (χ1n) is 4.90. The van der Waals surface area contributed by atoms with E-state index in [9.17, 15) is 0 Å². The Balaban J connectivity index is 2.36. The minimum atomic E-state index is 0.844. The summed E-state index contributed by atoms with van der Waals surface area (Å²) >= 11 is 3.55. The van der Waals surface area contributed by atoms with Gasteiger partial charge in [-0.25, -0.2) is 0 Å². The number of nitrogens with one attached hydrogen (secondary N) is 1. The van der Waals surface area contributed by atoms with Gasteiger partial charge >= 0.3 is 0 Å². The molecule has 0 saturated carbocycles. The lowest BCUT2D eigenvalue weighted by atomic mass is 10.0. The van der Waals surface area contributed by atoms with E-state index in [2.05, 4.69) is 33.4 Å². The van der Waals surface area contributed by atoms with Crippen LogP contribution in [-0.2, 0) is 13.0 Å². The molecule has 2 nitrogen and oxygen atoms in total. The second-order valence-corrected chi connectivity index (χ2v) is 4.40. The van der Waals surface area contributed by atoms with Crippen molar-refractivity contribution in [1.29, 1.82) is 0 Å². The number of halogens is 1. The Hall–Kier alpha value is -0.540. The van der Waals surface area contributed by atoms with Crippen LogP contribution >= 0.6 is 15.9 Å². The molecule has 0 amide bonds. The first kappa shape index (κ1) is 9.99. The summed E-state index contributed by atoms with van der Waals surface area (Å²) in [7, 11) is 1.96. The molecule has 14 heavy (non-hydrogen) atoms. The standard InChI is InChI=1S/C11H14BrNO/c1-13-7-8-5-9-3-2-4-14-11(9)10(12)6-8/h5-6,13H,2-4,7H2,1H3. The van der Waals surface area contributed by atoms with Crippen molar-refractivity contribution in [3.63, 3.8) is 0 Å². The molecule has 0 aromatic heterocycles. The second kappa shape index (κ2) is 4.32. The van der Waals surface area contributed by atoms with E-state index in [0.29, 0.717) is 0 Å². The van der Waals surface area contributed by atoms with Gasteiger partial charge in [-0.2, -0.15) is 0 Å². The molecule has 0 aliphatic carbocycles. The fourth-order valence-corrected chi connectivity index (χ4v) is 2.47. The van der Waals surface area contributed by atoms with E-state index in [1.54, 1.807) is 0 Å². The molecule has 0 atom stereocenters. The molecule has 1 aliphatic heterocycles. The molecule has 0 bridgehead atoms. The summed E-state index contributed by atoms with van der Waals surface area (Å²) in [6.07, 6.45) is 2.26. The van der Waals surface area contributed by atoms with Gasteiger partial charge in [-0.1, -0.05) is 6.07 Å². The number of hydrogen-bond donors (Lipinski definition) is 1. The Labute approximate surface area is 92.8 Å². The summed E-state index contributed by atoms with van der Waals surface area (Å²) < 4.78 is 6.70. The number of hydrogen-bond acceptors (Lipinski definition) is 2. The van der Waals surface area contributed by atoms with E-state index in [0.717, 1.165) is 36.2 Å². The van der Waals surface area contributed by atoms with E-state index >= 15 is 0 Å². The van der Waals surface area contributed by atoms with Gasteiger partial charge in [0.05, 0.1) is 11.1 Å². The van der Waals surface area contributed by atoms with Gasteiger partial charge < -0.3 is 10.1 Å². The van der Waals surface area contributed by atoms with Crippen LogP contribution in [0.1, 0.15) is 17.5 Å². The fraction of sp³-hybridized carbons (Fsp3) is 0.455. The monoisotopic (exact) mass is 255 g/mol. The minimum Gasteiger partial charge on any atom is -0.492 e. The lowest BCUT2D eigenvalue weighted by molar-refractivity contribution is 0.286. The molecule has 2 rings (SSSR count). The van der Waals surface area contributed by atoms with Gasteiger partial charge in [0.15, 0.2) is 0 Å². The van der Waals surface area contributed by atoms with Gasteiger partial charge in [-0.05, 0) is 53.0 Å². The fourth-order valence-electron chi connectivity index (χ4n) is 1.80. The summed E-state index contributed by atoms with van der Waals surface area (Å²) in [5.74, 6) is 1.04. The van der Waals surface area contributed by atoms with Crippen LogP contribution < -0.4 is 10.1 Å². The van der Waals surface area contributed by atoms with Crippen molar-refractivity contribution in [2.45, 2.75) is 19.4 Å². The van der Waals surface area contributed by atoms with Gasteiger partial charge in [-0.15, -0.1) is 0 Å². The average molecular weight is 256 g/mol. The van der Waals surface area contributed by atoms with E-state index < -0.39 is 0 Å². The Morgan fingerprint density at radius 2 is 2.36 bits per heavy atom. The molecule has 1 aliphatic rings. The third-order valence-electron chi connectivity index (χ3n) is 2.40. The number of ether oxygens (including phenoxy) is 1. The van der Waals surface area contributed by atoms with E-state index in [-0.39, 0.29) is 0 Å². The van der Waals surface area contributed by atoms with E-state index in [4.69, 9.17) is 4.74 Å². The zero-order chi connectivity index (χ0) is 9.97. The molecule has 0 fully saturated rings. The summed E-state index contributed by atoms with van der Waals surface area (Å²) in [6, 6.07) is 4.36. The predicted molar refractivity (Wildman–Crippen MR) is 60.7 cm³/mol. The van der Waals surface area contributed by atoms with Crippen molar-refractivity contribution in [2.24, 2.45) is 0 Å². The molecule has 0 saturated heterocycles. The third kappa shape index (κ3) is 1.93. The molecular formula is C11H14BrNO. The van der Waals surface area contributed by atoms with Crippen molar-refractivity contribution < 1.29 is 4.74 Å². The number of rotatable bonds is 2. The molecule has 1 aromatic carbocycles. The maximum Gasteiger partial charge on any atom is 0.136 e. The summed E-state index contributed by atoms with van der Waals surface area (Å²) in [5, 5.41) is 3.16. The van der Waals surface area contributed by atoms with Crippen LogP contribution in [0.15, 0.2) is 16.6 Å².